The van der Waals surface area contributed by atoms with Crippen molar-refractivity contribution in [2.75, 3.05) is 31.5 Å². The third-order valence-electron chi connectivity index (χ3n) is 2.19. The van der Waals surface area contributed by atoms with Crippen LogP contribution in [0.2, 0.25) is 5.02 Å². The molecule has 1 aromatic rings. The van der Waals surface area contributed by atoms with E-state index in [1.807, 2.05) is 25.2 Å². The van der Waals surface area contributed by atoms with Crippen LogP contribution in [0, 0.1) is 0 Å². The second-order valence-corrected chi connectivity index (χ2v) is 4.07. The Kier molecular flexibility index (Phi) is 5.06. The second-order valence-electron chi connectivity index (χ2n) is 3.28. The first-order chi connectivity index (χ1) is 7.19. The summed E-state index contributed by atoms with van der Waals surface area (Å²) >= 11 is 11.8. The molecule has 0 radical (unpaired) electrons. The average molecular weight is 248 g/mol. The molecule has 84 valence electrons. The van der Waals surface area contributed by atoms with Crippen molar-refractivity contribution in [2.45, 2.75) is 6.42 Å². The minimum Gasteiger partial charge on any atom is -0.497 e. The molecule has 0 N–H and O–H groups in total. The van der Waals surface area contributed by atoms with Crippen molar-refractivity contribution in [3.05, 3.63) is 23.2 Å². The highest BCUT2D eigenvalue weighted by Gasteiger charge is 2.06. The van der Waals surface area contributed by atoms with Crippen molar-refractivity contribution < 1.29 is 4.74 Å². The van der Waals surface area contributed by atoms with Gasteiger partial charge in [-0.25, -0.2) is 0 Å². The predicted octanol–water partition coefficient (Wildman–Crippen LogP) is 3.41. The summed E-state index contributed by atoms with van der Waals surface area (Å²) in [5.74, 6) is 1.44. The third kappa shape index (κ3) is 3.47. The van der Waals surface area contributed by atoms with Crippen LogP contribution in [0.15, 0.2) is 18.2 Å². The normalized spacial score (nSPS) is 10.1. The number of ether oxygens (including phenoxy) is 1. The molecule has 0 spiro atoms. The van der Waals surface area contributed by atoms with Gasteiger partial charge in [0.2, 0.25) is 0 Å². The molecule has 1 rings (SSSR count). The van der Waals surface area contributed by atoms with Gasteiger partial charge in [-0.15, -0.1) is 11.6 Å². The van der Waals surface area contributed by atoms with Crippen molar-refractivity contribution in [1.82, 2.24) is 0 Å². The van der Waals surface area contributed by atoms with E-state index in [4.69, 9.17) is 27.9 Å². The van der Waals surface area contributed by atoms with Gasteiger partial charge in [-0.05, 0) is 18.6 Å². The van der Waals surface area contributed by atoms with E-state index in [9.17, 15) is 0 Å². The fraction of sp³-hybridized carbons (Fsp3) is 0.455. The van der Waals surface area contributed by atoms with E-state index >= 15 is 0 Å². The summed E-state index contributed by atoms with van der Waals surface area (Å²) in [7, 11) is 3.63. The summed E-state index contributed by atoms with van der Waals surface area (Å²) in [6.07, 6.45) is 0.945. The maximum Gasteiger partial charge on any atom is 0.120 e. The van der Waals surface area contributed by atoms with Crippen LogP contribution < -0.4 is 9.64 Å². The Hall–Kier alpha value is -0.600. The maximum absolute atomic E-state index is 6.13. The van der Waals surface area contributed by atoms with Gasteiger partial charge in [0.1, 0.15) is 5.75 Å². The van der Waals surface area contributed by atoms with Crippen molar-refractivity contribution in [1.29, 1.82) is 0 Å². The first kappa shape index (κ1) is 12.5. The second kappa shape index (κ2) is 6.09. The number of rotatable bonds is 5. The molecule has 0 unspecified atom stereocenters. The van der Waals surface area contributed by atoms with Crippen molar-refractivity contribution in [2.24, 2.45) is 0 Å². The third-order valence-corrected chi connectivity index (χ3v) is 2.76. The summed E-state index contributed by atoms with van der Waals surface area (Å²) < 4.78 is 5.09. The predicted molar refractivity (Wildman–Crippen MR) is 66.6 cm³/mol. The highest BCUT2D eigenvalue weighted by atomic mass is 35.5. The van der Waals surface area contributed by atoms with Crippen molar-refractivity contribution in [3.63, 3.8) is 0 Å². The summed E-state index contributed by atoms with van der Waals surface area (Å²) in [4.78, 5) is 2.09. The number of methoxy groups -OCH3 is 1. The molecule has 0 saturated heterocycles. The van der Waals surface area contributed by atoms with Crippen LogP contribution in [0.5, 0.6) is 5.75 Å². The van der Waals surface area contributed by atoms with Gasteiger partial charge in [0.05, 0.1) is 17.8 Å². The molecule has 4 heteroatoms. The number of nitrogens with zero attached hydrogens (tertiary/aromatic N) is 1. The van der Waals surface area contributed by atoms with E-state index in [1.54, 1.807) is 7.11 Å². The Bertz CT molecular complexity index is 317. The lowest BCUT2D eigenvalue weighted by atomic mass is 10.2. The van der Waals surface area contributed by atoms with Crippen LogP contribution in [0.1, 0.15) is 6.42 Å². The number of alkyl halides is 1. The van der Waals surface area contributed by atoms with Crippen molar-refractivity contribution >= 4 is 28.9 Å². The molecule has 0 saturated carbocycles. The quantitative estimate of drug-likeness (QED) is 0.740. The zero-order valence-electron chi connectivity index (χ0n) is 8.96. The minimum absolute atomic E-state index is 0.665. The van der Waals surface area contributed by atoms with Crippen LogP contribution in [0.4, 0.5) is 5.69 Å². The summed E-state index contributed by atoms with van der Waals surface area (Å²) in [5.41, 5.74) is 1.00. The first-order valence-electron chi connectivity index (χ1n) is 4.79. The van der Waals surface area contributed by atoms with Crippen LogP contribution >= 0.6 is 23.2 Å². The molecule has 0 atom stereocenters. The molecule has 0 aliphatic rings. The smallest absolute Gasteiger partial charge is 0.120 e. The Morgan fingerprint density at radius 3 is 2.67 bits per heavy atom. The van der Waals surface area contributed by atoms with E-state index in [0.29, 0.717) is 10.9 Å². The number of hydrogen-bond acceptors (Lipinski definition) is 2. The molecule has 1 aromatic carbocycles. The lowest BCUT2D eigenvalue weighted by Gasteiger charge is -2.20. The number of benzene rings is 1. The van der Waals surface area contributed by atoms with Crippen LogP contribution in [0.3, 0.4) is 0 Å². The monoisotopic (exact) mass is 247 g/mol. The zero-order chi connectivity index (χ0) is 11.3. The molecule has 0 fully saturated rings. The van der Waals surface area contributed by atoms with E-state index in [-0.39, 0.29) is 0 Å². The largest absolute Gasteiger partial charge is 0.497 e. The number of halogens is 2. The maximum atomic E-state index is 6.13. The first-order valence-corrected chi connectivity index (χ1v) is 5.71. The van der Waals surface area contributed by atoms with E-state index in [2.05, 4.69) is 4.90 Å². The van der Waals surface area contributed by atoms with Gasteiger partial charge in [-0.3, -0.25) is 0 Å². The average Bonchev–Trinajstić information content (AvgIpc) is 2.25. The topological polar surface area (TPSA) is 12.5 Å². The summed E-state index contributed by atoms with van der Waals surface area (Å²) in [6, 6.07) is 5.67. The highest BCUT2D eigenvalue weighted by Crippen LogP contribution is 2.29. The van der Waals surface area contributed by atoms with Gasteiger partial charge in [-0.1, -0.05) is 11.6 Å². The molecule has 0 aliphatic carbocycles. The van der Waals surface area contributed by atoms with E-state index in [1.165, 1.54) is 0 Å². The number of anilines is 1. The fourth-order valence-electron chi connectivity index (χ4n) is 1.34. The van der Waals surface area contributed by atoms with E-state index in [0.717, 1.165) is 24.4 Å². The van der Waals surface area contributed by atoms with Gasteiger partial charge < -0.3 is 9.64 Å². The van der Waals surface area contributed by atoms with Crippen LogP contribution in [-0.2, 0) is 0 Å². The standard InChI is InChI=1S/C11H15Cl2NO/c1-14(7-3-6-12)11-5-4-9(15-2)8-10(11)13/h4-5,8H,3,6-7H2,1-2H3. The lowest BCUT2D eigenvalue weighted by molar-refractivity contribution is 0.415. The summed E-state index contributed by atoms with van der Waals surface area (Å²) in [6.45, 7) is 0.898. The number of hydrogen-bond donors (Lipinski definition) is 0. The molecular formula is C11H15Cl2NO. The molecular weight excluding hydrogens is 233 g/mol. The molecule has 0 bridgehead atoms. The molecule has 15 heavy (non-hydrogen) atoms. The fourth-order valence-corrected chi connectivity index (χ4v) is 1.78. The highest BCUT2D eigenvalue weighted by molar-refractivity contribution is 6.33. The SMILES string of the molecule is COc1ccc(N(C)CCCCl)c(Cl)c1. The molecule has 0 heterocycles. The van der Waals surface area contributed by atoms with Gasteiger partial charge in [0, 0.05) is 25.5 Å². The Morgan fingerprint density at radius 2 is 2.13 bits per heavy atom. The molecule has 0 aromatic heterocycles. The van der Waals surface area contributed by atoms with Crippen molar-refractivity contribution in [3.8, 4) is 5.75 Å². The molecule has 0 aliphatic heterocycles. The van der Waals surface area contributed by atoms with Crippen LogP contribution in [-0.4, -0.2) is 26.6 Å². The van der Waals surface area contributed by atoms with Gasteiger partial charge in [0.25, 0.3) is 0 Å². The van der Waals surface area contributed by atoms with Crippen LogP contribution in [0.25, 0.3) is 0 Å². The Balaban J connectivity index is 2.76. The van der Waals surface area contributed by atoms with Gasteiger partial charge >= 0.3 is 0 Å². The molecule has 2 nitrogen and oxygen atoms in total. The zero-order valence-corrected chi connectivity index (χ0v) is 10.5. The molecule has 0 amide bonds. The lowest BCUT2D eigenvalue weighted by Crippen LogP contribution is -2.19. The van der Waals surface area contributed by atoms with Gasteiger partial charge in [-0.2, -0.15) is 0 Å². The van der Waals surface area contributed by atoms with E-state index < -0.39 is 0 Å². The summed E-state index contributed by atoms with van der Waals surface area (Å²) in [5, 5.41) is 0.700. The minimum atomic E-state index is 0.665. The Morgan fingerprint density at radius 1 is 1.40 bits per heavy atom. The Labute approximate surface area is 101 Å². The van der Waals surface area contributed by atoms with Gasteiger partial charge in [0.15, 0.2) is 0 Å².